The molecular formula is C18H25N3O3. The number of fused-ring (bicyclic) bond motifs is 1. The standard InChI is InChI=1S/C18H25N3O3/c1-3-24-12-6-10-19-16(22)9-5-11-21-13-20-17-14(2)7-4-8-15(17)18(21)23/h4,7-8,13H,3,5-6,9-12H2,1-2H3,(H,19,22). The van der Waals surface area contributed by atoms with E-state index in [9.17, 15) is 9.59 Å². The number of carbonyl (C=O) groups is 1. The predicted octanol–water partition coefficient (Wildman–Crippen LogP) is 2.03. The summed E-state index contributed by atoms with van der Waals surface area (Å²) in [6, 6.07) is 5.59. The Kier molecular flexibility index (Phi) is 6.93. The molecule has 1 aromatic heterocycles. The summed E-state index contributed by atoms with van der Waals surface area (Å²) in [7, 11) is 0. The smallest absolute Gasteiger partial charge is 0.261 e. The van der Waals surface area contributed by atoms with Crippen molar-refractivity contribution in [2.24, 2.45) is 0 Å². The highest BCUT2D eigenvalue weighted by atomic mass is 16.5. The number of benzene rings is 1. The molecule has 0 aliphatic rings. The fourth-order valence-corrected chi connectivity index (χ4v) is 2.54. The monoisotopic (exact) mass is 331 g/mol. The summed E-state index contributed by atoms with van der Waals surface area (Å²) in [5.41, 5.74) is 1.68. The lowest BCUT2D eigenvalue weighted by molar-refractivity contribution is -0.121. The van der Waals surface area contributed by atoms with Crippen LogP contribution in [0.25, 0.3) is 10.9 Å². The van der Waals surface area contributed by atoms with Crippen molar-refractivity contribution in [2.75, 3.05) is 19.8 Å². The van der Waals surface area contributed by atoms with Gasteiger partial charge in [0, 0.05) is 32.7 Å². The van der Waals surface area contributed by atoms with Crippen LogP contribution in [0.2, 0.25) is 0 Å². The van der Waals surface area contributed by atoms with E-state index in [2.05, 4.69) is 10.3 Å². The van der Waals surface area contributed by atoms with E-state index in [4.69, 9.17) is 4.74 Å². The van der Waals surface area contributed by atoms with Crippen molar-refractivity contribution >= 4 is 16.8 Å². The number of aryl methyl sites for hydroxylation is 2. The Hall–Kier alpha value is -2.21. The molecule has 1 amide bonds. The molecule has 2 aromatic rings. The van der Waals surface area contributed by atoms with E-state index < -0.39 is 0 Å². The maximum Gasteiger partial charge on any atom is 0.261 e. The van der Waals surface area contributed by atoms with Gasteiger partial charge >= 0.3 is 0 Å². The van der Waals surface area contributed by atoms with Crippen molar-refractivity contribution in [1.82, 2.24) is 14.9 Å². The Morgan fingerprint density at radius 2 is 2.17 bits per heavy atom. The SMILES string of the molecule is CCOCCCNC(=O)CCCn1cnc2c(C)cccc2c1=O. The summed E-state index contributed by atoms with van der Waals surface area (Å²) in [5, 5.41) is 3.48. The number of carbonyl (C=O) groups excluding carboxylic acids is 1. The van der Waals surface area contributed by atoms with Crippen LogP contribution >= 0.6 is 0 Å². The van der Waals surface area contributed by atoms with Gasteiger partial charge in [0.25, 0.3) is 5.56 Å². The molecule has 0 aliphatic heterocycles. The van der Waals surface area contributed by atoms with Crippen LogP contribution in [-0.4, -0.2) is 35.2 Å². The third-order valence-corrected chi connectivity index (χ3v) is 3.85. The molecule has 1 aromatic carbocycles. The highest BCUT2D eigenvalue weighted by molar-refractivity contribution is 5.80. The second-order valence-corrected chi connectivity index (χ2v) is 5.72. The molecule has 1 N–H and O–H groups in total. The molecule has 24 heavy (non-hydrogen) atoms. The number of hydrogen-bond donors (Lipinski definition) is 1. The van der Waals surface area contributed by atoms with Gasteiger partial charge in [0.2, 0.25) is 5.91 Å². The first-order chi connectivity index (χ1) is 11.6. The molecule has 2 rings (SSSR count). The molecule has 0 unspecified atom stereocenters. The number of amides is 1. The van der Waals surface area contributed by atoms with Crippen LogP contribution < -0.4 is 10.9 Å². The lowest BCUT2D eigenvalue weighted by Crippen LogP contribution is -2.26. The molecular weight excluding hydrogens is 306 g/mol. The van der Waals surface area contributed by atoms with Crippen molar-refractivity contribution < 1.29 is 9.53 Å². The Labute approximate surface area is 141 Å². The Morgan fingerprint density at radius 3 is 2.96 bits per heavy atom. The number of aromatic nitrogens is 2. The van der Waals surface area contributed by atoms with E-state index in [1.807, 2.05) is 26.0 Å². The van der Waals surface area contributed by atoms with Crippen molar-refractivity contribution in [3.8, 4) is 0 Å². The van der Waals surface area contributed by atoms with Crippen LogP contribution in [0.3, 0.4) is 0 Å². The number of para-hydroxylation sites is 1. The van der Waals surface area contributed by atoms with Crippen molar-refractivity contribution in [2.45, 2.75) is 39.7 Å². The fourth-order valence-electron chi connectivity index (χ4n) is 2.54. The highest BCUT2D eigenvalue weighted by Crippen LogP contribution is 2.11. The zero-order chi connectivity index (χ0) is 17.4. The number of rotatable bonds is 9. The minimum Gasteiger partial charge on any atom is -0.382 e. The minimum absolute atomic E-state index is 0.00383. The summed E-state index contributed by atoms with van der Waals surface area (Å²) in [6.07, 6.45) is 3.38. The van der Waals surface area contributed by atoms with Gasteiger partial charge in [-0.15, -0.1) is 0 Å². The lowest BCUT2D eigenvalue weighted by atomic mass is 10.1. The molecule has 0 saturated heterocycles. The number of nitrogens with one attached hydrogen (secondary N) is 1. The normalized spacial score (nSPS) is 10.9. The molecule has 0 atom stereocenters. The fraction of sp³-hybridized carbons (Fsp3) is 0.500. The van der Waals surface area contributed by atoms with E-state index in [1.165, 1.54) is 0 Å². The quantitative estimate of drug-likeness (QED) is 0.714. The highest BCUT2D eigenvalue weighted by Gasteiger charge is 2.06. The maximum atomic E-state index is 12.4. The number of hydrogen-bond acceptors (Lipinski definition) is 4. The van der Waals surface area contributed by atoms with Gasteiger partial charge in [-0.2, -0.15) is 0 Å². The summed E-state index contributed by atoms with van der Waals surface area (Å²) in [6.45, 7) is 6.35. The summed E-state index contributed by atoms with van der Waals surface area (Å²) >= 11 is 0. The average Bonchev–Trinajstić information content (AvgIpc) is 2.57. The summed E-state index contributed by atoms with van der Waals surface area (Å²) < 4.78 is 6.79. The Morgan fingerprint density at radius 1 is 1.33 bits per heavy atom. The van der Waals surface area contributed by atoms with E-state index in [0.29, 0.717) is 44.5 Å². The van der Waals surface area contributed by atoms with Crippen molar-refractivity contribution in [3.63, 3.8) is 0 Å². The van der Waals surface area contributed by atoms with E-state index in [0.717, 1.165) is 17.5 Å². The minimum atomic E-state index is -0.0548. The van der Waals surface area contributed by atoms with Gasteiger partial charge in [0.05, 0.1) is 17.2 Å². The molecule has 0 saturated carbocycles. The summed E-state index contributed by atoms with van der Waals surface area (Å²) in [4.78, 5) is 28.6. The molecule has 0 aliphatic carbocycles. The molecule has 130 valence electrons. The van der Waals surface area contributed by atoms with Crippen LogP contribution in [0.5, 0.6) is 0 Å². The van der Waals surface area contributed by atoms with Gasteiger partial charge in [-0.3, -0.25) is 14.2 Å². The van der Waals surface area contributed by atoms with Crippen LogP contribution in [0.4, 0.5) is 0 Å². The second kappa shape index (κ2) is 9.17. The van der Waals surface area contributed by atoms with Crippen molar-refractivity contribution in [1.29, 1.82) is 0 Å². The van der Waals surface area contributed by atoms with Crippen LogP contribution in [0.15, 0.2) is 29.3 Å². The van der Waals surface area contributed by atoms with Crippen molar-refractivity contribution in [3.05, 3.63) is 40.4 Å². The number of nitrogens with zero attached hydrogens (tertiary/aromatic N) is 2. The zero-order valence-corrected chi connectivity index (χ0v) is 14.4. The van der Waals surface area contributed by atoms with Crippen LogP contribution in [0, 0.1) is 6.92 Å². The molecule has 0 radical (unpaired) electrons. The van der Waals surface area contributed by atoms with E-state index >= 15 is 0 Å². The van der Waals surface area contributed by atoms with Gasteiger partial charge < -0.3 is 10.1 Å². The van der Waals surface area contributed by atoms with Crippen LogP contribution in [0.1, 0.15) is 31.7 Å². The van der Waals surface area contributed by atoms with Gasteiger partial charge in [0.1, 0.15) is 0 Å². The van der Waals surface area contributed by atoms with Crippen LogP contribution in [-0.2, 0) is 16.1 Å². The topological polar surface area (TPSA) is 73.2 Å². The largest absolute Gasteiger partial charge is 0.382 e. The molecule has 6 heteroatoms. The average molecular weight is 331 g/mol. The lowest BCUT2D eigenvalue weighted by Gasteiger charge is -2.08. The number of ether oxygens (including phenoxy) is 1. The predicted molar refractivity (Wildman–Crippen MR) is 94.1 cm³/mol. The maximum absolute atomic E-state index is 12.4. The Bertz CT molecular complexity index is 740. The molecule has 6 nitrogen and oxygen atoms in total. The molecule has 0 fully saturated rings. The molecule has 0 bridgehead atoms. The van der Waals surface area contributed by atoms with Gasteiger partial charge in [-0.1, -0.05) is 12.1 Å². The van der Waals surface area contributed by atoms with E-state index in [-0.39, 0.29) is 11.5 Å². The molecule has 1 heterocycles. The van der Waals surface area contributed by atoms with E-state index in [1.54, 1.807) is 17.0 Å². The first-order valence-electron chi connectivity index (χ1n) is 8.42. The summed E-state index contributed by atoms with van der Waals surface area (Å²) in [5.74, 6) is 0.00383. The van der Waals surface area contributed by atoms with Gasteiger partial charge in [-0.05, 0) is 38.3 Å². The third-order valence-electron chi connectivity index (χ3n) is 3.85. The zero-order valence-electron chi connectivity index (χ0n) is 14.4. The molecule has 0 spiro atoms. The van der Waals surface area contributed by atoms with Gasteiger partial charge in [0.15, 0.2) is 0 Å². The Balaban J connectivity index is 1.82. The third kappa shape index (κ3) is 4.89. The van der Waals surface area contributed by atoms with Gasteiger partial charge in [-0.25, -0.2) is 4.98 Å². The first kappa shape index (κ1) is 18.1. The second-order valence-electron chi connectivity index (χ2n) is 5.72. The first-order valence-corrected chi connectivity index (χ1v) is 8.42.